The van der Waals surface area contributed by atoms with Gasteiger partial charge in [-0.15, -0.1) is 12.4 Å². The van der Waals surface area contributed by atoms with E-state index in [1.165, 1.54) is 11.3 Å². The van der Waals surface area contributed by atoms with Crippen molar-refractivity contribution >= 4 is 24.0 Å². The van der Waals surface area contributed by atoms with Crippen LogP contribution in [0.3, 0.4) is 0 Å². The minimum Gasteiger partial charge on any atom is -0.384 e. The van der Waals surface area contributed by atoms with Crippen molar-refractivity contribution < 1.29 is 4.79 Å². The van der Waals surface area contributed by atoms with Crippen LogP contribution in [0, 0.1) is 0 Å². The van der Waals surface area contributed by atoms with Gasteiger partial charge in [-0.3, -0.25) is 4.79 Å². The lowest BCUT2D eigenvalue weighted by molar-refractivity contribution is 0.0909. The minimum absolute atomic E-state index is 0. The van der Waals surface area contributed by atoms with Gasteiger partial charge in [0.05, 0.1) is 0 Å². The van der Waals surface area contributed by atoms with Crippen LogP contribution in [-0.4, -0.2) is 18.0 Å². The van der Waals surface area contributed by atoms with Crippen LogP contribution < -0.4 is 10.6 Å². The Morgan fingerprint density at radius 1 is 1.42 bits per heavy atom. The van der Waals surface area contributed by atoms with Crippen LogP contribution in [0.25, 0.3) is 0 Å². The summed E-state index contributed by atoms with van der Waals surface area (Å²) in [7, 11) is 0. The highest BCUT2D eigenvalue weighted by atomic mass is 35.5. The predicted octanol–water partition coefficient (Wildman–Crippen LogP) is 3.38. The Kier molecular flexibility index (Phi) is 5.24. The summed E-state index contributed by atoms with van der Waals surface area (Å²) in [5, 5.41) is 6.41. The van der Waals surface area contributed by atoms with Gasteiger partial charge < -0.3 is 10.6 Å². The fourth-order valence-electron chi connectivity index (χ4n) is 2.51. The van der Waals surface area contributed by atoms with Gasteiger partial charge in [0.15, 0.2) is 0 Å². The second-order valence-electron chi connectivity index (χ2n) is 5.64. The Hall–Kier alpha value is -1.22. The lowest BCUT2D eigenvalue weighted by Crippen LogP contribution is -2.43. The molecule has 1 aliphatic rings. The van der Waals surface area contributed by atoms with Crippen LogP contribution in [0.15, 0.2) is 18.2 Å². The van der Waals surface area contributed by atoms with Crippen molar-refractivity contribution in [2.75, 3.05) is 11.9 Å². The van der Waals surface area contributed by atoms with Crippen molar-refractivity contribution in [1.82, 2.24) is 5.32 Å². The van der Waals surface area contributed by atoms with Gasteiger partial charge in [0.1, 0.15) is 0 Å². The molecule has 0 saturated heterocycles. The highest BCUT2D eigenvalue weighted by Crippen LogP contribution is 2.23. The van der Waals surface area contributed by atoms with Gasteiger partial charge in [-0.05, 0) is 50.5 Å². The standard InChI is InChI=1S/C15H22N2O.ClH/c1-4-8-15(2,3)17-14(18)12-5-6-13-11(10-12)7-9-16-13;/h5-6,10,16H,4,7-9H2,1-3H3,(H,17,18);1H. The van der Waals surface area contributed by atoms with Gasteiger partial charge in [0, 0.05) is 23.3 Å². The molecule has 1 aromatic carbocycles. The number of carbonyl (C=O) groups excluding carboxylic acids is 1. The summed E-state index contributed by atoms with van der Waals surface area (Å²) < 4.78 is 0. The molecule has 0 bridgehead atoms. The molecule has 1 aromatic rings. The Morgan fingerprint density at radius 2 is 2.16 bits per heavy atom. The van der Waals surface area contributed by atoms with Gasteiger partial charge in [0.25, 0.3) is 5.91 Å². The van der Waals surface area contributed by atoms with Gasteiger partial charge in [-0.25, -0.2) is 0 Å². The van der Waals surface area contributed by atoms with Crippen molar-refractivity contribution in [3.8, 4) is 0 Å². The number of carbonyl (C=O) groups is 1. The molecule has 2 N–H and O–H groups in total. The van der Waals surface area contributed by atoms with E-state index < -0.39 is 0 Å². The maximum absolute atomic E-state index is 12.2. The number of hydrogen-bond acceptors (Lipinski definition) is 2. The molecule has 19 heavy (non-hydrogen) atoms. The fourth-order valence-corrected chi connectivity index (χ4v) is 2.51. The molecule has 2 rings (SSSR count). The molecule has 4 heteroatoms. The lowest BCUT2D eigenvalue weighted by atomic mass is 9.98. The van der Waals surface area contributed by atoms with Gasteiger partial charge >= 0.3 is 0 Å². The first kappa shape index (κ1) is 15.8. The summed E-state index contributed by atoms with van der Waals surface area (Å²) in [6.07, 6.45) is 3.07. The molecule has 1 heterocycles. The number of hydrogen-bond donors (Lipinski definition) is 2. The molecule has 1 aliphatic heterocycles. The molecule has 0 fully saturated rings. The number of halogens is 1. The van der Waals surface area contributed by atoms with E-state index in [0.717, 1.165) is 31.4 Å². The van der Waals surface area contributed by atoms with Crippen molar-refractivity contribution in [2.45, 2.75) is 45.6 Å². The maximum atomic E-state index is 12.2. The van der Waals surface area contributed by atoms with E-state index in [1.54, 1.807) is 0 Å². The summed E-state index contributed by atoms with van der Waals surface area (Å²) in [6.45, 7) is 7.25. The summed E-state index contributed by atoms with van der Waals surface area (Å²) >= 11 is 0. The van der Waals surface area contributed by atoms with E-state index in [2.05, 4.69) is 31.4 Å². The summed E-state index contributed by atoms with van der Waals surface area (Å²) in [5.41, 5.74) is 3.04. The van der Waals surface area contributed by atoms with Crippen molar-refractivity contribution in [2.24, 2.45) is 0 Å². The number of anilines is 1. The Bertz CT molecular complexity index is 457. The number of rotatable bonds is 4. The summed E-state index contributed by atoms with van der Waals surface area (Å²) in [4.78, 5) is 12.2. The third-order valence-electron chi connectivity index (χ3n) is 3.40. The van der Waals surface area contributed by atoms with Crippen LogP contribution >= 0.6 is 12.4 Å². The number of benzene rings is 1. The molecule has 106 valence electrons. The quantitative estimate of drug-likeness (QED) is 0.889. The van der Waals surface area contributed by atoms with Crippen molar-refractivity contribution in [3.63, 3.8) is 0 Å². The van der Waals surface area contributed by atoms with Crippen LogP contribution in [-0.2, 0) is 6.42 Å². The van der Waals surface area contributed by atoms with E-state index in [9.17, 15) is 4.79 Å². The van der Waals surface area contributed by atoms with Crippen LogP contribution in [0.5, 0.6) is 0 Å². The third kappa shape index (κ3) is 3.87. The molecule has 0 saturated carbocycles. The van der Waals surface area contributed by atoms with Crippen LogP contribution in [0.4, 0.5) is 5.69 Å². The first-order valence-corrected chi connectivity index (χ1v) is 6.71. The van der Waals surface area contributed by atoms with Gasteiger partial charge in [-0.2, -0.15) is 0 Å². The zero-order chi connectivity index (χ0) is 13.2. The van der Waals surface area contributed by atoms with Crippen LogP contribution in [0.1, 0.15) is 49.5 Å². The highest BCUT2D eigenvalue weighted by molar-refractivity contribution is 5.95. The first-order valence-electron chi connectivity index (χ1n) is 6.71. The SMILES string of the molecule is CCCC(C)(C)NC(=O)c1ccc2c(c1)CCN2.Cl. The molecule has 0 aromatic heterocycles. The van der Waals surface area contributed by atoms with E-state index in [-0.39, 0.29) is 23.9 Å². The Morgan fingerprint density at radius 3 is 2.84 bits per heavy atom. The van der Waals surface area contributed by atoms with Gasteiger partial charge in [-0.1, -0.05) is 13.3 Å². The number of nitrogens with one attached hydrogen (secondary N) is 2. The molecule has 3 nitrogen and oxygen atoms in total. The monoisotopic (exact) mass is 282 g/mol. The zero-order valence-electron chi connectivity index (χ0n) is 11.9. The molecular weight excluding hydrogens is 260 g/mol. The minimum atomic E-state index is -0.136. The highest BCUT2D eigenvalue weighted by Gasteiger charge is 2.21. The smallest absolute Gasteiger partial charge is 0.251 e. The van der Waals surface area contributed by atoms with Gasteiger partial charge in [0.2, 0.25) is 0 Å². The summed E-state index contributed by atoms with van der Waals surface area (Å²) in [5.74, 6) is 0.0307. The number of fused-ring (bicyclic) bond motifs is 1. The van der Waals surface area contributed by atoms with Crippen molar-refractivity contribution in [1.29, 1.82) is 0 Å². The molecule has 1 amide bonds. The lowest BCUT2D eigenvalue weighted by Gasteiger charge is -2.25. The Balaban J connectivity index is 0.00000180. The van der Waals surface area contributed by atoms with Crippen LogP contribution in [0.2, 0.25) is 0 Å². The second-order valence-corrected chi connectivity index (χ2v) is 5.64. The molecule has 0 unspecified atom stereocenters. The second kappa shape index (κ2) is 6.29. The molecular formula is C15H23ClN2O. The largest absolute Gasteiger partial charge is 0.384 e. The normalized spacial score (nSPS) is 13.2. The van der Waals surface area contributed by atoms with E-state index in [1.807, 2.05) is 18.2 Å². The zero-order valence-corrected chi connectivity index (χ0v) is 12.7. The summed E-state index contributed by atoms with van der Waals surface area (Å²) in [6, 6.07) is 5.91. The average molecular weight is 283 g/mol. The molecule has 0 radical (unpaired) electrons. The maximum Gasteiger partial charge on any atom is 0.251 e. The van der Waals surface area contributed by atoms with E-state index in [4.69, 9.17) is 0 Å². The molecule has 0 atom stereocenters. The molecule has 0 spiro atoms. The van der Waals surface area contributed by atoms with E-state index >= 15 is 0 Å². The predicted molar refractivity (Wildman–Crippen MR) is 82.3 cm³/mol. The fraction of sp³-hybridized carbons (Fsp3) is 0.533. The average Bonchev–Trinajstić information content (AvgIpc) is 2.74. The number of amides is 1. The third-order valence-corrected chi connectivity index (χ3v) is 3.40. The first-order chi connectivity index (χ1) is 8.52. The Labute approximate surface area is 121 Å². The van der Waals surface area contributed by atoms with E-state index in [0.29, 0.717) is 0 Å². The molecule has 0 aliphatic carbocycles. The van der Waals surface area contributed by atoms with Crippen molar-refractivity contribution in [3.05, 3.63) is 29.3 Å². The topological polar surface area (TPSA) is 41.1 Å².